The Bertz CT molecular complexity index is 950. The molecule has 156 valence electrons. The van der Waals surface area contributed by atoms with Gasteiger partial charge < -0.3 is 19.9 Å². The molecule has 2 aromatic rings. The molecule has 0 aliphatic carbocycles. The summed E-state index contributed by atoms with van der Waals surface area (Å²) in [6, 6.07) is 6.71. The molecule has 29 heavy (non-hydrogen) atoms. The Labute approximate surface area is 171 Å². The lowest BCUT2D eigenvalue weighted by Crippen LogP contribution is -2.39. The monoisotopic (exact) mass is 399 g/mol. The first-order valence-electron chi connectivity index (χ1n) is 10.1. The molecule has 2 unspecified atom stereocenters. The van der Waals surface area contributed by atoms with Gasteiger partial charge in [0.1, 0.15) is 17.4 Å². The van der Waals surface area contributed by atoms with Crippen molar-refractivity contribution in [1.29, 1.82) is 0 Å². The number of hydrogen-bond donors (Lipinski definition) is 1. The minimum atomic E-state index is -0.768. The van der Waals surface area contributed by atoms with Gasteiger partial charge in [-0.2, -0.15) is 0 Å². The van der Waals surface area contributed by atoms with E-state index in [2.05, 4.69) is 0 Å². The van der Waals surface area contributed by atoms with Crippen LogP contribution in [0.4, 0.5) is 0 Å². The van der Waals surface area contributed by atoms with Gasteiger partial charge in [0.25, 0.3) is 0 Å². The summed E-state index contributed by atoms with van der Waals surface area (Å²) in [5.74, 6) is 0.0607. The van der Waals surface area contributed by atoms with Gasteiger partial charge in [-0.25, -0.2) is 4.79 Å². The van der Waals surface area contributed by atoms with Gasteiger partial charge in [0, 0.05) is 23.3 Å². The van der Waals surface area contributed by atoms with Gasteiger partial charge >= 0.3 is 11.9 Å². The average Bonchev–Trinajstić information content (AvgIpc) is 2.68. The first-order valence-corrected chi connectivity index (χ1v) is 10.1. The van der Waals surface area contributed by atoms with Crippen LogP contribution in [0.5, 0.6) is 17.2 Å². The van der Waals surface area contributed by atoms with E-state index in [1.165, 1.54) is 6.92 Å². The van der Waals surface area contributed by atoms with Crippen LogP contribution < -0.4 is 19.9 Å². The van der Waals surface area contributed by atoms with Crippen molar-refractivity contribution in [2.45, 2.75) is 65.5 Å². The molecule has 2 aromatic carbocycles. The normalized spacial score (nSPS) is 17.0. The fourth-order valence-corrected chi connectivity index (χ4v) is 3.51. The summed E-state index contributed by atoms with van der Waals surface area (Å²) in [6.07, 6.45) is 2.13. The van der Waals surface area contributed by atoms with E-state index in [9.17, 15) is 9.59 Å². The number of hydrogen-bond acceptors (Lipinski definition) is 6. The number of esters is 2. The molecule has 3 rings (SSSR count). The van der Waals surface area contributed by atoms with E-state index in [-0.39, 0.29) is 23.0 Å². The molecule has 2 atom stereocenters. The summed E-state index contributed by atoms with van der Waals surface area (Å²) in [5.41, 5.74) is 6.47. The van der Waals surface area contributed by atoms with E-state index in [0.29, 0.717) is 17.6 Å². The molecule has 6 nitrogen and oxygen atoms in total. The van der Waals surface area contributed by atoms with E-state index in [1.807, 2.05) is 52.0 Å². The van der Waals surface area contributed by atoms with Crippen molar-refractivity contribution in [2.75, 3.05) is 0 Å². The predicted octanol–water partition coefficient (Wildman–Crippen LogP) is 4.15. The third-order valence-electron chi connectivity index (χ3n) is 5.50. The molecular weight excluding hydrogens is 370 g/mol. The topological polar surface area (TPSA) is 87.9 Å². The van der Waals surface area contributed by atoms with Crippen molar-refractivity contribution in [3.8, 4) is 17.2 Å². The Balaban J connectivity index is 2.20. The summed E-state index contributed by atoms with van der Waals surface area (Å²) >= 11 is 0. The van der Waals surface area contributed by atoms with Crippen molar-refractivity contribution in [2.24, 2.45) is 11.7 Å². The third kappa shape index (κ3) is 4.22. The first-order chi connectivity index (χ1) is 13.6. The first kappa shape index (κ1) is 21.1. The van der Waals surface area contributed by atoms with E-state index in [0.717, 1.165) is 23.8 Å². The number of ether oxygens (including phenoxy) is 3. The minimum Gasteiger partial charge on any atom is -0.487 e. The second kappa shape index (κ2) is 8.03. The molecule has 0 amide bonds. The average molecular weight is 399 g/mol. The zero-order valence-corrected chi connectivity index (χ0v) is 17.7. The Kier molecular flexibility index (Phi) is 5.85. The van der Waals surface area contributed by atoms with Gasteiger partial charge in [-0.15, -0.1) is 0 Å². The minimum absolute atomic E-state index is 0.0345. The Morgan fingerprint density at radius 2 is 1.83 bits per heavy atom. The number of fused-ring (bicyclic) bond motifs is 3. The second-order valence-corrected chi connectivity index (χ2v) is 8.30. The summed E-state index contributed by atoms with van der Waals surface area (Å²) in [6.45, 7) is 9.24. The zero-order valence-electron chi connectivity index (χ0n) is 17.7. The van der Waals surface area contributed by atoms with Crippen molar-refractivity contribution >= 4 is 22.7 Å². The van der Waals surface area contributed by atoms with Crippen molar-refractivity contribution < 1.29 is 23.8 Å². The highest BCUT2D eigenvalue weighted by molar-refractivity contribution is 6.00. The van der Waals surface area contributed by atoms with Crippen LogP contribution in [0.1, 0.15) is 53.0 Å². The molecule has 0 aromatic heterocycles. The SMILES string of the molecule is CCC(C)C(N)C(=O)Oc1c(OC(C)=O)c2c(c3ccccc13)OC(C)(C)CC2. The highest BCUT2D eigenvalue weighted by Crippen LogP contribution is 2.50. The van der Waals surface area contributed by atoms with Gasteiger partial charge in [0.2, 0.25) is 0 Å². The summed E-state index contributed by atoms with van der Waals surface area (Å²) < 4.78 is 17.6. The molecule has 1 aliphatic rings. The third-order valence-corrected chi connectivity index (χ3v) is 5.50. The maximum Gasteiger partial charge on any atom is 0.328 e. The molecule has 0 saturated heterocycles. The lowest BCUT2D eigenvalue weighted by Gasteiger charge is -2.34. The molecule has 0 bridgehead atoms. The van der Waals surface area contributed by atoms with E-state index in [1.54, 1.807) is 0 Å². The largest absolute Gasteiger partial charge is 0.487 e. The molecule has 1 heterocycles. The van der Waals surface area contributed by atoms with Gasteiger partial charge in [0.05, 0.1) is 0 Å². The smallest absolute Gasteiger partial charge is 0.328 e. The van der Waals surface area contributed by atoms with Crippen LogP contribution in [-0.4, -0.2) is 23.6 Å². The number of carbonyl (C=O) groups excluding carboxylic acids is 2. The summed E-state index contributed by atoms with van der Waals surface area (Å²) in [7, 11) is 0. The summed E-state index contributed by atoms with van der Waals surface area (Å²) in [5, 5.41) is 1.45. The van der Waals surface area contributed by atoms with Crippen LogP contribution in [0.2, 0.25) is 0 Å². The van der Waals surface area contributed by atoms with Crippen LogP contribution >= 0.6 is 0 Å². The number of rotatable bonds is 5. The van der Waals surface area contributed by atoms with Crippen molar-refractivity contribution in [1.82, 2.24) is 0 Å². The zero-order chi connectivity index (χ0) is 21.3. The van der Waals surface area contributed by atoms with Crippen LogP contribution in [0.3, 0.4) is 0 Å². The molecule has 0 saturated carbocycles. The molecule has 6 heteroatoms. The highest BCUT2D eigenvalue weighted by Gasteiger charge is 2.34. The van der Waals surface area contributed by atoms with Gasteiger partial charge in [-0.1, -0.05) is 44.5 Å². The van der Waals surface area contributed by atoms with E-state index < -0.39 is 18.0 Å². The standard InChI is InChI=1S/C23H29NO5/c1-6-13(2)18(24)22(26)28-20-16-10-8-7-9-15(16)19-17(21(20)27-14(3)25)11-12-23(4,5)29-19/h7-10,13,18H,6,11-12,24H2,1-5H3. The molecule has 0 radical (unpaired) electrons. The quantitative estimate of drug-likeness (QED) is 0.600. The van der Waals surface area contributed by atoms with Gasteiger partial charge in [-0.05, 0) is 32.6 Å². The Morgan fingerprint density at radius 3 is 2.45 bits per heavy atom. The van der Waals surface area contributed by atoms with Gasteiger partial charge in [0.15, 0.2) is 11.5 Å². The molecule has 0 fully saturated rings. The maximum absolute atomic E-state index is 12.7. The summed E-state index contributed by atoms with van der Waals surface area (Å²) in [4.78, 5) is 24.6. The van der Waals surface area contributed by atoms with Crippen LogP contribution in [-0.2, 0) is 16.0 Å². The van der Waals surface area contributed by atoms with E-state index in [4.69, 9.17) is 19.9 Å². The molecule has 1 aliphatic heterocycles. The molecule has 0 spiro atoms. The van der Waals surface area contributed by atoms with Gasteiger partial charge in [-0.3, -0.25) is 4.79 Å². The Hall–Kier alpha value is -2.60. The maximum atomic E-state index is 12.7. The molecule has 2 N–H and O–H groups in total. The lowest BCUT2D eigenvalue weighted by molar-refractivity contribution is -0.138. The number of nitrogens with two attached hydrogens (primary N) is 1. The number of carbonyl (C=O) groups is 2. The Morgan fingerprint density at radius 1 is 1.17 bits per heavy atom. The van der Waals surface area contributed by atoms with Crippen LogP contribution in [0.15, 0.2) is 24.3 Å². The van der Waals surface area contributed by atoms with Crippen molar-refractivity contribution in [3.05, 3.63) is 29.8 Å². The van der Waals surface area contributed by atoms with E-state index >= 15 is 0 Å². The fourth-order valence-electron chi connectivity index (χ4n) is 3.51. The van der Waals surface area contributed by atoms with Crippen molar-refractivity contribution in [3.63, 3.8) is 0 Å². The molecular formula is C23H29NO5. The number of benzene rings is 2. The highest BCUT2D eigenvalue weighted by atomic mass is 16.6. The lowest BCUT2D eigenvalue weighted by atomic mass is 9.91. The van der Waals surface area contributed by atoms with Crippen LogP contribution in [0.25, 0.3) is 10.8 Å². The fraction of sp³-hybridized carbons (Fsp3) is 0.478. The predicted molar refractivity (Wildman–Crippen MR) is 111 cm³/mol. The van der Waals surface area contributed by atoms with Crippen LogP contribution in [0, 0.1) is 5.92 Å². The second-order valence-electron chi connectivity index (χ2n) is 8.30.